The molecule has 43 heavy (non-hydrogen) atoms. The second-order valence-electron chi connectivity index (χ2n) is 11.3. The van der Waals surface area contributed by atoms with E-state index in [1.54, 1.807) is 18.2 Å². The highest BCUT2D eigenvalue weighted by atomic mass is 32.2. The maximum Gasteiger partial charge on any atom is 0.271 e. The van der Waals surface area contributed by atoms with Crippen molar-refractivity contribution in [1.29, 1.82) is 0 Å². The zero-order valence-electron chi connectivity index (χ0n) is 23.6. The van der Waals surface area contributed by atoms with Crippen molar-refractivity contribution in [3.05, 3.63) is 71.3 Å². The molecule has 0 radical (unpaired) electrons. The van der Waals surface area contributed by atoms with Gasteiger partial charge in [-0.1, -0.05) is 6.07 Å². The summed E-state index contributed by atoms with van der Waals surface area (Å²) >= 11 is 0. The van der Waals surface area contributed by atoms with Crippen LogP contribution in [0.3, 0.4) is 0 Å². The SMILES string of the molecule is NC(=O)c1ncc(N2CCC[C@@H](NC(=O)c3ccc(C4CC4)cc3F)C2)nc1Nc1ccc(S(=O)(=O)N2CCCC2)cc1. The maximum absolute atomic E-state index is 14.7. The van der Waals surface area contributed by atoms with Crippen LogP contribution in [0.1, 0.15) is 70.9 Å². The molecule has 1 atom stereocenters. The number of carbonyl (C=O) groups is 2. The Hall–Kier alpha value is -4.10. The van der Waals surface area contributed by atoms with Crippen LogP contribution in [-0.4, -0.2) is 66.7 Å². The molecule has 226 valence electrons. The van der Waals surface area contributed by atoms with Crippen molar-refractivity contribution in [2.45, 2.75) is 55.4 Å². The third kappa shape index (κ3) is 6.32. The molecule has 3 fully saturated rings. The zero-order valence-corrected chi connectivity index (χ0v) is 24.4. The van der Waals surface area contributed by atoms with Crippen LogP contribution in [0.4, 0.5) is 21.7 Å². The third-order valence-corrected chi connectivity index (χ3v) is 10.1. The summed E-state index contributed by atoms with van der Waals surface area (Å²) in [5.41, 5.74) is 6.96. The first-order valence-corrected chi connectivity index (χ1v) is 16.0. The first-order chi connectivity index (χ1) is 20.7. The Morgan fingerprint density at radius 2 is 1.72 bits per heavy atom. The van der Waals surface area contributed by atoms with Crippen LogP contribution in [0, 0.1) is 5.82 Å². The molecule has 1 aliphatic carbocycles. The van der Waals surface area contributed by atoms with Crippen LogP contribution < -0.4 is 21.3 Å². The van der Waals surface area contributed by atoms with Crippen molar-refractivity contribution < 1.29 is 22.4 Å². The maximum atomic E-state index is 14.7. The summed E-state index contributed by atoms with van der Waals surface area (Å²) in [5, 5.41) is 6.00. The Kier molecular flexibility index (Phi) is 8.01. The number of aromatic nitrogens is 2. The number of rotatable bonds is 9. The van der Waals surface area contributed by atoms with E-state index in [9.17, 15) is 22.4 Å². The van der Waals surface area contributed by atoms with E-state index in [4.69, 9.17) is 5.73 Å². The van der Waals surface area contributed by atoms with Gasteiger partial charge in [0.1, 0.15) is 11.6 Å². The minimum atomic E-state index is -3.56. The molecule has 2 amide bonds. The number of anilines is 3. The number of benzene rings is 2. The van der Waals surface area contributed by atoms with Crippen molar-refractivity contribution in [3.63, 3.8) is 0 Å². The first kappa shape index (κ1) is 29.0. The molecule has 3 aliphatic rings. The average Bonchev–Trinajstić information content (AvgIpc) is 3.69. The van der Waals surface area contributed by atoms with E-state index in [1.165, 1.54) is 28.7 Å². The molecule has 0 unspecified atom stereocenters. The number of halogens is 1. The third-order valence-electron chi connectivity index (χ3n) is 8.18. The Balaban J connectivity index is 1.15. The van der Waals surface area contributed by atoms with Gasteiger partial charge >= 0.3 is 0 Å². The molecule has 2 aliphatic heterocycles. The Labute approximate surface area is 249 Å². The molecule has 6 rings (SSSR count). The first-order valence-electron chi connectivity index (χ1n) is 14.6. The number of carbonyl (C=O) groups excluding carboxylic acids is 2. The predicted octanol–water partition coefficient (Wildman–Crippen LogP) is 3.52. The lowest BCUT2D eigenvalue weighted by Crippen LogP contribution is -2.48. The van der Waals surface area contributed by atoms with Gasteiger partial charge in [0.2, 0.25) is 10.0 Å². The summed E-state index contributed by atoms with van der Waals surface area (Å²) in [6.07, 6.45) is 6.73. The van der Waals surface area contributed by atoms with Crippen LogP contribution in [0.25, 0.3) is 0 Å². The number of nitrogens with two attached hydrogens (primary N) is 1. The highest BCUT2D eigenvalue weighted by Gasteiger charge is 2.29. The predicted molar refractivity (Wildman–Crippen MR) is 159 cm³/mol. The lowest BCUT2D eigenvalue weighted by molar-refractivity contribution is 0.0927. The minimum Gasteiger partial charge on any atom is -0.364 e. The fourth-order valence-corrected chi connectivity index (χ4v) is 7.19. The average molecular weight is 608 g/mol. The van der Waals surface area contributed by atoms with Gasteiger partial charge in [-0.3, -0.25) is 9.59 Å². The lowest BCUT2D eigenvalue weighted by atomic mass is 10.0. The fourth-order valence-electron chi connectivity index (χ4n) is 5.68. The van der Waals surface area contributed by atoms with Crippen molar-refractivity contribution in [2.24, 2.45) is 5.73 Å². The van der Waals surface area contributed by atoms with Gasteiger partial charge in [0.05, 0.1) is 16.7 Å². The van der Waals surface area contributed by atoms with Crippen molar-refractivity contribution in [3.8, 4) is 0 Å². The Morgan fingerprint density at radius 3 is 2.40 bits per heavy atom. The number of nitrogens with one attached hydrogen (secondary N) is 2. The van der Waals surface area contributed by atoms with Gasteiger partial charge in [-0.25, -0.2) is 22.8 Å². The van der Waals surface area contributed by atoms with Crippen molar-refractivity contribution in [2.75, 3.05) is 36.4 Å². The van der Waals surface area contributed by atoms with Gasteiger partial charge in [0, 0.05) is 37.9 Å². The number of primary amides is 1. The molecule has 3 aromatic rings. The van der Waals surface area contributed by atoms with Crippen molar-refractivity contribution >= 4 is 39.2 Å². The second kappa shape index (κ2) is 11.9. The summed E-state index contributed by atoms with van der Waals surface area (Å²) in [6.45, 7) is 2.08. The molecule has 1 saturated carbocycles. The Bertz CT molecular complexity index is 1640. The van der Waals surface area contributed by atoms with E-state index < -0.39 is 27.7 Å². The fraction of sp³-hybridized carbons (Fsp3) is 0.400. The quantitative estimate of drug-likeness (QED) is 0.334. The number of piperidine rings is 1. The molecule has 13 heteroatoms. The van der Waals surface area contributed by atoms with E-state index in [-0.39, 0.29) is 28.0 Å². The number of amides is 2. The second-order valence-corrected chi connectivity index (χ2v) is 13.3. The topological polar surface area (TPSA) is 151 Å². The molecular formula is C30H34FN7O4S. The van der Waals surface area contributed by atoms with Crippen LogP contribution in [0.2, 0.25) is 0 Å². The molecule has 3 heterocycles. The number of sulfonamides is 1. The van der Waals surface area contributed by atoms with Crippen LogP contribution in [-0.2, 0) is 10.0 Å². The van der Waals surface area contributed by atoms with Gasteiger partial charge in [-0.15, -0.1) is 0 Å². The molecule has 4 N–H and O–H groups in total. The normalized spacial score (nSPS) is 19.3. The monoisotopic (exact) mass is 607 g/mol. The van der Waals surface area contributed by atoms with Crippen LogP contribution in [0.15, 0.2) is 53.6 Å². The minimum absolute atomic E-state index is 0.0258. The molecule has 2 aromatic carbocycles. The van der Waals surface area contributed by atoms with Crippen LogP contribution >= 0.6 is 0 Å². The van der Waals surface area contributed by atoms with E-state index in [1.807, 2.05) is 11.0 Å². The summed E-state index contributed by atoms with van der Waals surface area (Å²) in [4.78, 5) is 36.0. The number of nitrogens with zero attached hydrogens (tertiary/aromatic N) is 4. The van der Waals surface area contributed by atoms with Gasteiger partial charge in [0.15, 0.2) is 11.5 Å². The van der Waals surface area contributed by atoms with Crippen molar-refractivity contribution in [1.82, 2.24) is 19.6 Å². The molecule has 1 aromatic heterocycles. The number of hydrogen-bond donors (Lipinski definition) is 3. The van der Waals surface area contributed by atoms with E-state index in [0.717, 1.165) is 37.7 Å². The standard InChI is InChI=1S/C30H34FN7O4S/c31-25-16-20(19-5-6-19)7-12-24(25)30(40)35-22-4-3-13-37(18-22)26-17-33-27(28(32)39)29(36-26)34-21-8-10-23(11-9-21)43(41,42)38-14-1-2-15-38/h7-12,16-17,19,22H,1-6,13-15,18H2,(H2,32,39)(H,34,36)(H,35,40)/t22-/m1/s1. The van der Waals surface area contributed by atoms with Gasteiger partial charge in [0.25, 0.3) is 11.8 Å². The number of hydrogen-bond acceptors (Lipinski definition) is 8. The van der Waals surface area contributed by atoms with Gasteiger partial charge < -0.3 is 21.3 Å². The highest BCUT2D eigenvalue weighted by molar-refractivity contribution is 7.89. The smallest absolute Gasteiger partial charge is 0.271 e. The van der Waals surface area contributed by atoms with E-state index in [0.29, 0.717) is 50.0 Å². The largest absolute Gasteiger partial charge is 0.364 e. The highest BCUT2D eigenvalue weighted by Crippen LogP contribution is 2.40. The lowest BCUT2D eigenvalue weighted by Gasteiger charge is -2.34. The summed E-state index contributed by atoms with van der Waals surface area (Å²) < 4.78 is 41.9. The van der Waals surface area contributed by atoms with E-state index >= 15 is 0 Å². The van der Waals surface area contributed by atoms with Gasteiger partial charge in [-0.2, -0.15) is 4.31 Å². The van der Waals surface area contributed by atoms with Crippen LogP contribution in [0.5, 0.6) is 0 Å². The molecule has 0 spiro atoms. The molecular weight excluding hydrogens is 573 g/mol. The summed E-state index contributed by atoms with van der Waals surface area (Å²) in [6, 6.07) is 10.8. The van der Waals surface area contributed by atoms with Gasteiger partial charge in [-0.05, 0) is 86.4 Å². The summed E-state index contributed by atoms with van der Waals surface area (Å²) in [5.74, 6) is -0.744. The van der Waals surface area contributed by atoms with E-state index in [2.05, 4.69) is 20.6 Å². The molecule has 0 bridgehead atoms. The summed E-state index contributed by atoms with van der Waals surface area (Å²) in [7, 11) is -3.56. The zero-order chi connectivity index (χ0) is 30.1. The molecule has 11 nitrogen and oxygen atoms in total. The Morgan fingerprint density at radius 1 is 0.977 bits per heavy atom. The molecule has 2 saturated heterocycles.